The first-order chi connectivity index (χ1) is 8.29. The van der Waals surface area contributed by atoms with Crippen molar-refractivity contribution >= 4 is 9.84 Å². The molecule has 0 spiro atoms. The van der Waals surface area contributed by atoms with E-state index < -0.39 is 15.9 Å². The summed E-state index contributed by atoms with van der Waals surface area (Å²) >= 11 is 0. The van der Waals surface area contributed by atoms with Crippen molar-refractivity contribution in [2.24, 2.45) is 0 Å². The van der Waals surface area contributed by atoms with Crippen LogP contribution in [0, 0.1) is 6.92 Å². The number of aliphatic hydroxyl groups excluding tert-OH is 1. The Kier molecular flexibility index (Phi) is 5.16. The maximum Gasteiger partial charge on any atom is 0.147 e. The lowest BCUT2D eigenvalue weighted by Crippen LogP contribution is -2.09. The van der Waals surface area contributed by atoms with E-state index in [4.69, 9.17) is 4.74 Å². The summed E-state index contributed by atoms with van der Waals surface area (Å²) in [6.45, 7) is 3.95. The van der Waals surface area contributed by atoms with Crippen LogP contribution in [0.15, 0.2) is 18.2 Å². The van der Waals surface area contributed by atoms with Crippen molar-refractivity contribution in [2.45, 2.75) is 26.4 Å². The van der Waals surface area contributed by atoms with Crippen molar-refractivity contribution < 1.29 is 18.3 Å². The number of aryl methyl sites for hydroxylation is 1. The van der Waals surface area contributed by atoms with Crippen LogP contribution in [-0.4, -0.2) is 32.1 Å². The van der Waals surface area contributed by atoms with E-state index in [2.05, 4.69) is 0 Å². The quantitative estimate of drug-likeness (QED) is 0.803. The third-order valence-electron chi connectivity index (χ3n) is 2.53. The minimum absolute atomic E-state index is 0.114. The molecule has 0 aliphatic carbocycles. The average molecular weight is 272 g/mol. The summed E-state index contributed by atoms with van der Waals surface area (Å²) < 4.78 is 27.5. The molecular weight excluding hydrogens is 252 g/mol. The molecule has 5 heteroatoms. The first-order valence-electron chi connectivity index (χ1n) is 5.89. The van der Waals surface area contributed by atoms with Gasteiger partial charge in [0.1, 0.15) is 15.6 Å². The molecule has 0 fully saturated rings. The second kappa shape index (κ2) is 6.20. The molecule has 0 saturated heterocycles. The minimum atomic E-state index is -2.94. The molecule has 1 atom stereocenters. The lowest BCUT2D eigenvalue weighted by Gasteiger charge is -2.14. The molecule has 1 rings (SSSR count). The fourth-order valence-electron chi connectivity index (χ4n) is 1.63. The highest BCUT2D eigenvalue weighted by atomic mass is 32.2. The summed E-state index contributed by atoms with van der Waals surface area (Å²) in [6, 6.07) is 5.58. The lowest BCUT2D eigenvalue weighted by molar-refractivity contribution is 0.191. The zero-order valence-corrected chi connectivity index (χ0v) is 11.8. The second-order valence-electron chi connectivity index (χ2n) is 4.55. The standard InChI is InChI=1S/C13H20O4S/c1-10-5-6-13(12(9-10)11(2)14)17-7-4-8-18(3,15)16/h5-6,9,11,14H,4,7-8H2,1-3H3. The van der Waals surface area contributed by atoms with Crippen LogP contribution in [-0.2, 0) is 9.84 Å². The van der Waals surface area contributed by atoms with Crippen LogP contribution < -0.4 is 4.74 Å². The normalized spacial score (nSPS) is 13.3. The van der Waals surface area contributed by atoms with E-state index in [-0.39, 0.29) is 5.75 Å². The maximum absolute atomic E-state index is 11.0. The topological polar surface area (TPSA) is 63.6 Å². The summed E-state index contributed by atoms with van der Waals surface area (Å²) in [5, 5.41) is 9.64. The molecule has 1 unspecified atom stereocenters. The molecule has 1 aromatic carbocycles. The predicted molar refractivity (Wildman–Crippen MR) is 71.6 cm³/mol. The number of aliphatic hydroxyl groups is 1. The molecule has 102 valence electrons. The molecule has 0 heterocycles. The van der Waals surface area contributed by atoms with E-state index in [0.29, 0.717) is 18.8 Å². The molecule has 18 heavy (non-hydrogen) atoms. The van der Waals surface area contributed by atoms with Crippen molar-refractivity contribution in [3.63, 3.8) is 0 Å². The van der Waals surface area contributed by atoms with Gasteiger partial charge < -0.3 is 9.84 Å². The van der Waals surface area contributed by atoms with Crippen LogP contribution in [0.25, 0.3) is 0 Å². The monoisotopic (exact) mass is 272 g/mol. The van der Waals surface area contributed by atoms with E-state index in [1.54, 1.807) is 13.0 Å². The fraction of sp³-hybridized carbons (Fsp3) is 0.538. The molecule has 0 aliphatic heterocycles. The Bertz CT molecular complexity index is 492. The second-order valence-corrected chi connectivity index (χ2v) is 6.81. The molecule has 0 saturated carbocycles. The van der Waals surface area contributed by atoms with Gasteiger partial charge in [-0.3, -0.25) is 0 Å². The number of sulfone groups is 1. The Morgan fingerprint density at radius 1 is 1.39 bits per heavy atom. The Balaban J connectivity index is 2.62. The Morgan fingerprint density at radius 2 is 2.06 bits per heavy atom. The van der Waals surface area contributed by atoms with Gasteiger partial charge in [-0.2, -0.15) is 0 Å². The van der Waals surface area contributed by atoms with E-state index in [0.717, 1.165) is 11.1 Å². The van der Waals surface area contributed by atoms with Crippen LogP contribution in [0.5, 0.6) is 5.75 Å². The van der Waals surface area contributed by atoms with Gasteiger partial charge in [-0.25, -0.2) is 8.42 Å². The van der Waals surface area contributed by atoms with Gasteiger partial charge in [-0.05, 0) is 32.4 Å². The Morgan fingerprint density at radius 3 is 2.61 bits per heavy atom. The summed E-state index contributed by atoms with van der Waals surface area (Å²) in [6.07, 6.45) is 1.06. The molecule has 0 amide bonds. The van der Waals surface area contributed by atoms with Crippen LogP contribution in [0.1, 0.15) is 30.6 Å². The van der Waals surface area contributed by atoms with Crippen molar-refractivity contribution in [1.82, 2.24) is 0 Å². The number of hydrogen-bond donors (Lipinski definition) is 1. The highest BCUT2D eigenvalue weighted by Crippen LogP contribution is 2.26. The molecule has 0 aromatic heterocycles. The molecule has 1 N–H and O–H groups in total. The SMILES string of the molecule is Cc1ccc(OCCCS(C)(=O)=O)c(C(C)O)c1. The highest BCUT2D eigenvalue weighted by Gasteiger charge is 2.10. The largest absolute Gasteiger partial charge is 0.493 e. The fourth-order valence-corrected chi connectivity index (χ4v) is 2.27. The van der Waals surface area contributed by atoms with Crippen molar-refractivity contribution in [2.75, 3.05) is 18.6 Å². The zero-order valence-electron chi connectivity index (χ0n) is 11.0. The molecule has 0 radical (unpaired) electrons. The molecule has 1 aromatic rings. The van der Waals surface area contributed by atoms with Gasteiger partial charge in [0.2, 0.25) is 0 Å². The van der Waals surface area contributed by atoms with Crippen LogP contribution in [0.3, 0.4) is 0 Å². The number of ether oxygens (including phenoxy) is 1. The first-order valence-corrected chi connectivity index (χ1v) is 7.95. The summed E-state index contributed by atoms with van der Waals surface area (Å²) in [5.74, 6) is 0.729. The molecule has 0 aliphatic rings. The van der Waals surface area contributed by atoms with Crippen LogP contribution >= 0.6 is 0 Å². The maximum atomic E-state index is 11.0. The average Bonchev–Trinajstić information content (AvgIpc) is 2.24. The van der Waals surface area contributed by atoms with Crippen LogP contribution in [0.2, 0.25) is 0 Å². The Labute approximate surface area is 109 Å². The third kappa shape index (κ3) is 5.06. The van der Waals surface area contributed by atoms with Crippen LogP contribution in [0.4, 0.5) is 0 Å². The van der Waals surface area contributed by atoms with E-state index >= 15 is 0 Å². The lowest BCUT2D eigenvalue weighted by atomic mass is 10.1. The van der Waals surface area contributed by atoms with Gasteiger partial charge in [0, 0.05) is 11.8 Å². The van der Waals surface area contributed by atoms with Crippen molar-refractivity contribution in [1.29, 1.82) is 0 Å². The smallest absolute Gasteiger partial charge is 0.147 e. The number of hydrogen-bond acceptors (Lipinski definition) is 4. The predicted octanol–water partition coefficient (Wildman–Crippen LogP) is 1.86. The van der Waals surface area contributed by atoms with E-state index in [1.165, 1.54) is 6.26 Å². The van der Waals surface area contributed by atoms with Gasteiger partial charge in [-0.15, -0.1) is 0 Å². The van der Waals surface area contributed by atoms with E-state index in [1.807, 2.05) is 19.1 Å². The highest BCUT2D eigenvalue weighted by molar-refractivity contribution is 7.90. The number of rotatable bonds is 6. The van der Waals surface area contributed by atoms with Gasteiger partial charge in [0.05, 0.1) is 18.5 Å². The molecule has 0 bridgehead atoms. The van der Waals surface area contributed by atoms with E-state index in [9.17, 15) is 13.5 Å². The third-order valence-corrected chi connectivity index (χ3v) is 3.56. The van der Waals surface area contributed by atoms with Gasteiger partial charge in [0.25, 0.3) is 0 Å². The van der Waals surface area contributed by atoms with Gasteiger partial charge in [-0.1, -0.05) is 11.6 Å². The van der Waals surface area contributed by atoms with Gasteiger partial charge >= 0.3 is 0 Å². The minimum Gasteiger partial charge on any atom is -0.493 e. The van der Waals surface area contributed by atoms with Crippen molar-refractivity contribution in [3.05, 3.63) is 29.3 Å². The molecule has 4 nitrogen and oxygen atoms in total. The molecular formula is C13H20O4S. The summed E-state index contributed by atoms with van der Waals surface area (Å²) in [5.41, 5.74) is 1.78. The van der Waals surface area contributed by atoms with Crippen molar-refractivity contribution in [3.8, 4) is 5.75 Å². The number of benzene rings is 1. The summed E-state index contributed by atoms with van der Waals surface area (Å²) in [7, 11) is -2.94. The Hall–Kier alpha value is -1.07. The first kappa shape index (κ1) is 15.0. The van der Waals surface area contributed by atoms with Gasteiger partial charge in [0.15, 0.2) is 0 Å². The summed E-state index contributed by atoms with van der Waals surface area (Å²) in [4.78, 5) is 0. The zero-order chi connectivity index (χ0) is 13.8.